The number of carboxylic acids is 1. The molecule has 3 unspecified atom stereocenters. The number of rotatable bonds is 4. The molecule has 0 aromatic heterocycles. The molecule has 1 aliphatic carbocycles. The molecule has 0 aromatic rings. The van der Waals surface area contributed by atoms with Crippen LogP contribution in [0.5, 0.6) is 0 Å². The second-order valence-electron chi connectivity index (χ2n) is 7.15. The molecule has 2 fully saturated rings. The van der Waals surface area contributed by atoms with Gasteiger partial charge in [-0.2, -0.15) is 0 Å². The molecule has 0 amide bonds. The van der Waals surface area contributed by atoms with E-state index < -0.39 is 11.5 Å². The number of carboxylic acid groups (broad SMARTS) is 1. The molecule has 1 saturated heterocycles. The molecular weight excluding hydrogens is 250 g/mol. The third-order valence-electron chi connectivity index (χ3n) is 5.89. The van der Waals surface area contributed by atoms with Crippen LogP contribution in [0.15, 0.2) is 0 Å². The summed E-state index contributed by atoms with van der Waals surface area (Å²) in [5.41, 5.74) is -0.567. The molecular formula is C17H31NO2. The smallest absolute Gasteiger partial charge is 0.324 e. The van der Waals surface area contributed by atoms with Crippen molar-refractivity contribution in [3.63, 3.8) is 0 Å². The maximum Gasteiger partial charge on any atom is 0.324 e. The van der Waals surface area contributed by atoms with Crippen LogP contribution in [-0.4, -0.2) is 34.1 Å². The number of carbonyl (C=O) groups is 1. The highest BCUT2D eigenvalue weighted by Gasteiger charge is 2.48. The van der Waals surface area contributed by atoms with Gasteiger partial charge in [0.15, 0.2) is 0 Å². The van der Waals surface area contributed by atoms with Gasteiger partial charge >= 0.3 is 5.97 Å². The van der Waals surface area contributed by atoms with E-state index in [2.05, 4.69) is 18.7 Å². The van der Waals surface area contributed by atoms with Crippen molar-refractivity contribution >= 4 is 5.97 Å². The van der Waals surface area contributed by atoms with Gasteiger partial charge in [0, 0.05) is 6.04 Å². The Morgan fingerprint density at radius 2 is 2.00 bits per heavy atom. The van der Waals surface area contributed by atoms with E-state index in [0.717, 1.165) is 37.6 Å². The Balaban J connectivity index is 2.08. The molecule has 1 heterocycles. The van der Waals surface area contributed by atoms with Gasteiger partial charge in [-0.15, -0.1) is 0 Å². The Hall–Kier alpha value is -0.570. The Morgan fingerprint density at radius 3 is 2.60 bits per heavy atom. The minimum atomic E-state index is -0.595. The van der Waals surface area contributed by atoms with Gasteiger partial charge in [0.1, 0.15) is 5.54 Å². The summed E-state index contributed by atoms with van der Waals surface area (Å²) in [4.78, 5) is 14.2. The van der Waals surface area contributed by atoms with Crippen LogP contribution in [0, 0.1) is 11.8 Å². The molecule has 2 rings (SSSR count). The van der Waals surface area contributed by atoms with E-state index in [0.29, 0.717) is 6.04 Å². The molecule has 1 aliphatic heterocycles. The zero-order chi connectivity index (χ0) is 14.8. The lowest BCUT2D eigenvalue weighted by atomic mass is 9.88. The van der Waals surface area contributed by atoms with Crippen LogP contribution in [0.25, 0.3) is 0 Å². The number of hydrogen-bond acceptors (Lipinski definition) is 2. The molecule has 1 N–H and O–H groups in total. The normalized spacial score (nSPS) is 36.2. The summed E-state index contributed by atoms with van der Waals surface area (Å²) in [6, 6.07) is 0.498. The molecule has 0 bridgehead atoms. The first-order chi connectivity index (χ1) is 9.51. The second kappa shape index (κ2) is 6.46. The van der Waals surface area contributed by atoms with Crippen LogP contribution >= 0.6 is 0 Å². The van der Waals surface area contributed by atoms with E-state index in [1.807, 2.05) is 6.92 Å². The maximum atomic E-state index is 11.8. The molecule has 20 heavy (non-hydrogen) atoms. The van der Waals surface area contributed by atoms with Crippen molar-refractivity contribution in [2.45, 2.75) is 83.7 Å². The third-order valence-corrected chi connectivity index (χ3v) is 5.89. The summed E-state index contributed by atoms with van der Waals surface area (Å²) in [7, 11) is 0. The van der Waals surface area contributed by atoms with Crippen LogP contribution in [0.1, 0.15) is 72.1 Å². The van der Waals surface area contributed by atoms with E-state index >= 15 is 0 Å². The second-order valence-corrected chi connectivity index (χ2v) is 7.15. The fourth-order valence-electron chi connectivity index (χ4n) is 4.48. The minimum absolute atomic E-state index is 0.498. The minimum Gasteiger partial charge on any atom is -0.480 e. The van der Waals surface area contributed by atoms with Gasteiger partial charge in [0.2, 0.25) is 0 Å². The molecule has 0 aromatic carbocycles. The predicted octanol–water partition coefficient (Wildman–Crippen LogP) is 3.92. The molecule has 0 radical (unpaired) electrons. The van der Waals surface area contributed by atoms with Crippen molar-refractivity contribution in [1.29, 1.82) is 0 Å². The Kier molecular flexibility index (Phi) is 5.11. The van der Waals surface area contributed by atoms with E-state index in [9.17, 15) is 9.90 Å². The Morgan fingerprint density at radius 1 is 1.25 bits per heavy atom. The average Bonchev–Trinajstić information content (AvgIpc) is 2.70. The summed E-state index contributed by atoms with van der Waals surface area (Å²) < 4.78 is 0. The molecule has 0 spiro atoms. The molecule has 116 valence electrons. The molecule has 3 nitrogen and oxygen atoms in total. The SMILES string of the molecule is CCC1(C(=O)O)CCCN1C1CCCC(C(C)C)CC1. The Labute approximate surface area is 123 Å². The number of aliphatic carboxylic acids is 1. The summed E-state index contributed by atoms with van der Waals surface area (Å²) in [5, 5.41) is 9.73. The topological polar surface area (TPSA) is 40.5 Å². The van der Waals surface area contributed by atoms with E-state index in [-0.39, 0.29) is 0 Å². The molecule has 2 aliphatic rings. The van der Waals surface area contributed by atoms with Crippen molar-refractivity contribution in [2.24, 2.45) is 11.8 Å². The van der Waals surface area contributed by atoms with Crippen molar-refractivity contribution in [2.75, 3.05) is 6.54 Å². The molecule has 1 saturated carbocycles. The number of likely N-dealkylation sites (tertiary alicyclic amines) is 1. The maximum absolute atomic E-state index is 11.8. The van der Waals surface area contributed by atoms with Gasteiger partial charge in [0.25, 0.3) is 0 Å². The predicted molar refractivity (Wildman–Crippen MR) is 81.8 cm³/mol. The fourth-order valence-corrected chi connectivity index (χ4v) is 4.48. The first-order valence-electron chi connectivity index (χ1n) is 8.51. The first-order valence-corrected chi connectivity index (χ1v) is 8.51. The Bertz CT molecular complexity index is 342. The van der Waals surface area contributed by atoms with Gasteiger partial charge in [-0.05, 0) is 56.9 Å². The van der Waals surface area contributed by atoms with Gasteiger partial charge < -0.3 is 5.11 Å². The average molecular weight is 281 g/mol. The van der Waals surface area contributed by atoms with E-state index in [1.165, 1.54) is 32.1 Å². The van der Waals surface area contributed by atoms with Crippen LogP contribution in [0.2, 0.25) is 0 Å². The van der Waals surface area contributed by atoms with Crippen molar-refractivity contribution in [3.8, 4) is 0 Å². The zero-order valence-electron chi connectivity index (χ0n) is 13.4. The van der Waals surface area contributed by atoms with E-state index in [1.54, 1.807) is 0 Å². The summed E-state index contributed by atoms with van der Waals surface area (Å²) in [6.45, 7) is 7.68. The van der Waals surface area contributed by atoms with Crippen molar-refractivity contribution < 1.29 is 9.90 Å². The fraction of sp³-hybridized carbons (Fsp3) is 0.941. The third kappa shape index (κ3) is 2.88. The summed E-state index contributed by atoms with van der Waals surface area (Å²) in [5.74, 6) is 1.01. The summed E-state index contributed by atoms with van der Waals surface area (Å²) >= 11 is 0. The van der Waals surface area contributed by atoms with Gasteiger partial charge in [-0.3, -0.25) is 9.69 Å². The standard InChI is InChI=1S/C17H31NO2/c1-4-17(16(19)20)11-6-12-18(17)15-8-5-7-14(9-10-15)13(2)3/h13-15H,4-12H2,1-3H3,(H,19,20). The lowest BCUT2D eigenvalue weighted by Crippen LogP contribution is -2.54. The largest absolute Gasteiger partial charge is 0.480 e. The van der Waals surface area contributed by atoms with Gasteiger partial charge in [-0.25, -0.2) is 0 Å². The number of hydrogen-bond donors (Lipinski definition) is 1. The summed E-state index contributed by atoms with van der Waals surface area (Å²) in [6.07, 6.45) is 8.88. The van der Waals surface area contributed by atoms with Crippen LogP contribution in [0.4, 0.5) is 0 Å². The van der Waals surface area contributed by atoms with Crippen LogP contribution in [-0.2, 0) is 4.79 Å². The highest BCUT2D eigenvalue weighted by molar-refractivity contribution is 5.79. The highest BCUT2D eigenvalue weighted by Crippen LogP contribution is 2.39. The molecule has 3 atom stereocenters. The van der Waals surface area contributed by atoms with Crippen LogP contribution in [0.3, 0.4) is 0 Å². The zero-order valence-corrected chi connectivity index (χ0v) is 13.4. The van der Waals surface area contributed by atoms with Gasteiger partial charge in [0.05, 0.1) is 0 Å². The highest BCUT2D eigenvalue weighted by atomic mass is 16.4. The van der Waals surface area contributed by atoms with Crippen LogP contribution < -0.4 is 0 Å². The monoisotopic (exact) mass is 281 g/mol. The lowest BCUT2D eigenvalue weighted by molar-refractivity contribution is -0.151. The van der Waals surface area contributed by atoms with Crippen molar-refractivity contribution in [1.82, 2.24) is 4.90 Å². The quantitative estimate of drug-likeness (QED) is 0.794. The lowest BCUT2D eigenvalue weighted by Gasteiger charge is -2.39. The van der Waals surface area contributed by atoms with Gasteiger partial charge in [-0.1, -0.05) is 33.6 Å². The number of nitrogens with zero attached hydrogens (tertiary/aromatic N) is 1. The first kappa shape index (κ1) is 15.8. The molecule has 3 heteroatoms. The van der Waals surface area contributed by atoms with E-state index in [4.69, 9.17) is 0 Å². The van der Waals surface area contributed by atoms with Crippen molar-refractivity contribution in [3.05, 3.63) is 0 Å².